The van der Waals surface area contributed by atoms with Gasteiger partial charge in [0.05, 0.1) is 5.69 Å². The van der Waals surface area contributed by atoms with E-state index in [0.717, 1.165) is 13.0 Å². The number of nitrogens with one attached hydrogen (secondary N) is 1. The first-order valence-corrected chi connectivity index (χ1v) is 7.67. The quantitative estimate of drug-likeness (QED) is 0.902. The van der Waals surface area contributed by atoms with Crippen LogP contribution in [0.3, 0.4) is 0 Å². The third kappa shape index (κ3) is 2.98. The van der Waals surface area contributed by atoms with Crippen molar-refractivity contribution in [3.05, 3.63) is 29.6 Å². The third-order valence-corrected chi connectivity index (χ3v) is 4.86. The molecule has 2 aliphatic rings. The average molecular weight is 259 g/mol. The zero-order valence-corrected chi connectivity index (χ0v) is 12.0. The van der Waals surface area contributed by atoms with E-state index in [1.54, 1.807) is 0 Å². The van der Waals surface area contributed by atoms with Crippen LogP contribution in [0.25, 0.3) is 0 Å². The van der Waals surface area contributed by atoms with Crippen molar-refractivity contribution < 1.29 is 0 Å². The Labute approximate surface area is 116 Å². The van der Waals surface area contributed by atoms with E-state index in [1.807, 2.05) is 6.20 Å². The van der Waals surface area contributed by atoms with Crippen molar-refractivity contribution in [2.45, 2.75) is 39.2 Å². The van der Waals surface area contributed by atoms with E-state index in [0.29, 0.717) is 5.41 Å². The highest BCUT2D eigenvalue weighted by molar-refractivity contribution is 5.14. The van der Waals surface area contributed by atoms with Gasteiger partial charge in [0, 0.05) is 19.3 Å². The maximum absolute atomic E-state index is 4.59. The van der Waals surface area contributed by atoms with Crippen molar-refractivity contribution in [1.82, 2.24) is 15.2 Å². The molecule has 3 rings (SSSR count). The van der Waals surface area contributed by atoms with Gasteiger partial charge < -0.3 is 5.32 Å². The van der Waals surface area contributed by atoms with Crippen molar-refractivity contribution in [2.24, 2.45) is 5.41 Å². The lowest BCUT2D eigenvalue weighted by molar-refractivity contribution is 0.193. The topological polar surface area (TPSA) is 28.2 Å². The summed E-state index contributed by atoms with van der Waals surface area (Å²) in [5, 5.41) is 3.48. The van der Waals surface area contributed by atoms with Crippen LogP contribution in [-0.4, -0.2) is 36.1 Å². The van der Waals surface area contributed by atoms with Gasteiger partial charge >= 0.3 is 0 Å². The molecule has 2 aliphatic heterocycles. The van der Waals surface area contributed by atoms with Crippen molar-refractivity contribution in [1.29, 1.82) is 0 Å². The maximum atomic E-state index is 4.59. The molecule has 0 atom stereocenters. The fourth-order valence-electron chi connectivity index (χ4n) is 3.51. The molecule has 1 spiro atoms. The van der Waals surface area contributed by atoms with Crippen molar-refractivity contribution in [3.8, 4) is 0 Å². The molecule has 104 valence electrons. The fourth-order valence-corrected chi connectivity index (χ4v) is 3.51. The van der Waals surface area contributed by atoms with Gasteiger partial charge in [-0.1, -0.05) is 13.0 Å². The fraction of sp³-hybridized carbons (Fsp3) is 0.688. The number of pyridine rings is 1. The Morgan fingerprint density at radius 1 is 1.26 bits per heavy atom. The van der Waals surface area contributed by atoms with Gasteiger partial charge in [-0.15, -0.1) is 0 Å². The van der Waals surface area contributed by atoms with E-state index in [4.69, 9.17) is 0 Å². The lowest BCUT2D eigenvalue weighted by atomic mass is 9.78. The van der Waals surface area contributed by atoms with Crippen molar-refractivity contribution >= 4 is 0 Å². The number of aromatic nitrogens is 1. The Kier molecular flexibility index (Phi) is 3.85. The highest BCUT2D eigenvalue weighted by Crippen LogP contribution is 2.38. The summed E-state index contributed by atoms with van der Waals surface area (Å²) in [5.41, 5.74) is 3.16. The summed E-state index contributed by atoms with van der Waals surface area (Å²) < 4.78 is 0. The molecule has 0 aliphatic carbocycles. The van der Waals surface area contributed by atoms with Crippen LogP contribution in [-0.2, 0) is 13.0 Å². The maximum Gasteiger partial charge on any atom is 0.0544 e. The van der Waals surface area contributed by atoms with Crippen LogP contribution >= 0.6 is 0 Å². The Morgan fingerprint density at radius 3 is 2.79 bits per heavy atom. The number of rotatable bonds is 3. The van der Waals surface area contributed by atoms with Crippen molar-refractivity contribution in [2.75, 3.05) is 26.2 Å². The minimum absolute atomic E-state index is 0.606. The van der Waals surface area contributed by atoms with Crippen LogP contribution in [0.4, 0.5) is 0 Å². The first-order valence-electron chi connectivity index (χ1n) is 7.67. The highest BCUT2D eigenvalue weighted by Gasteiger charge is 2.38. The number of aryl methyl sites for hydroxylation is 1. The monoisotopic (exact) mass is 259 g/mol. The average Bonchev–Trinajstić information content (AvgIpc) is 2.83. The number of piperidine rings is 1. The second-order valence-corrected chi connectivity index (χ2v) is 6.22. The predicted octanol–water partition coefficient (Wildman–Crippen LogP) is 2.22. The minimum Gasteiger partial charge on any atom is -0.317 e. The molecular weight excluding hydrogens is 234 g/mol. The van der Waals surface area contributed by atoms with Gasteiger partial charge in [-0.3, -0.25) is 9.88 Å². The van der Waals surface area contributed by atoms with Gasteiger partial charge in [0.15, 0.2) is 0 Å². The summed E-state index contributed by atoms with van der Waals surface area (Å²) in [6.07, 6.45) is 7.19. The Morgan fingerprint density at radius 2 is 2.11 bits per heavy atom. The van der Waals surface area contributed by atoms with E-state index in [-0.39, 0.29) is 0 Å². The van der Waals surface area contributed by atoms with Crippen LogP contribution in [0.5, 0.6) is 0 Å². The van der Waals surface area contributed by atoms with Gasteiger partial charge in [-0.05, 0) is 62.4 Å². The first kappa shape index (κ1) is 13.1. The molecule has 3 nitrogen and oxygen atoms in total. The molecule has 1 aromatic heterocycles. The predicted molar refractivity (Wildman–Crippen MR) is 78.0 cm³/mol. The van der Waals surface area contributed by atoms with Crippen LogP contribution in [0.15, 0.2) is 18.3 Å². The summed E-state index contributed by atoms with van der Waals surface area (Å²) in [7, 11) is 0. The molecule has 0 unspecified atom stereocenters. The molecule has 1 aromatic rings. The van der Waals surface area contributed by atoms with Gasteiger partial charge in [0.2, 0.25) is 0 Å². The van der Waals surface area contributed by atoms with E-state index < -0.39 is 0 Å². The van der Waals surface area contributed by atoms with E-state index >= 15 is 0 Å². The SMILES string of the molecule is CCc1ccc(CN2CCC3(CCNCC3)C2)nc1. The molecule has 2 fully saturated rings. The summed E-state index contributed by atoms with van der Waals surface area (Å²) in [5.74, 6) is 0. The van der Waals surface area contributed by atoms with Crippen LogP contribution < -0.4 is 5.32 Å². The highest BCUT2D eigenvalue weighted by atomic mass is 15.2. The lowest BCUT2D eigenvalue weighted by Gasteiger charge is -2.33. The summed E-state index contributed by atoms with van der Waals surface area (Å²) in [6.45, 7) is 8.13. The lowest BCUT2D eigenvalue weighted by Crippen LogP contribution is -2.38. The number of nitrogens with zero attached hydrogens (tertiary/aromatic N) is 2. The van der Waals surface area contributed by atoms with Gasteiger partial charge in [-0.2, -0.15) is 0 Å². The number of likely N-dealkylation sites (tertiary alicyclic amines) is 1. The number of hydrogen-bond acceptors (Lipinski definition) is 3. The van der Waals surface area contributed by atoms with E-state index in [1.165, 1.54) is 56.7 Å². The molecule has 2 saturated heterocycles. The van der Waals surface area contributed by atoms with Crippen LogP contribution in [0, 0.1) is 5.41 Å². The summed E-state index contributed by atoms with van der Waals surface area (Å²) >= 11 is 0. The van der Waals surface area contributed by atoms with Gasteiger partial charge in [-0.25, -0.2) is 0 Å². The largest absolute Gasteiger partial charge is 0.317 e. The second kappa shape index (κ2) is 5.59. The zero-order valence-electron chi connectivity index (χ0n) is 12.0. The Balaban J connectivity index is 1.58. The second-order valence-electron chi connectivity index (χ2n) is 6.22. The van der Waals surface area contributed by atoms with Gasteiger partial charge in [0.1, 0.15) is 0 Å². The molecule has 3 heterocycles. The molecule has 3 heteroatoms. The zero-order chi connectivity index (χ0) is 13.1. The standard InChI is InChI=1S/C16H25N3/c1-2-14-3-4-15(18-11-14)12-19-10-7-16(13-19)5-8-17-9-6-16/h3-4,11,17H,2,5-10,12-13H2,1H3. The molecule has 1 N–H and O–H groups in total. The minimum atomic E-state index is 0.606. The molecule has 0 aromatic carbocycles. The van der Waals surface area contributed by atoms with E-state index in [9.17, 15) is 0 Å². The van der Waals surface area contributed by atoms with Crippen molar-refractivity contribution in [3.63, 3.8) is 0 Å². The first-order chi connectivity index (χ1) is 9.30. The van der Waals surface area contributed by atoms with E-state index in [2.05, 4.69) is 34.3 Å². The molecule has 0 amide bonds. The molecule has 0 radical (unpaired) electrons. The molecule has 19 heavy (non-hydrogen) atoms. The number of hydrogen-bond donors (Lipinski definition) is 1. The third-order valence-electron chi connectivity index (χ3n) is 4.86. The smallest absolute Gasteiger partial charge is 0.0544 e. The summed E-state index contributed by atoms with van der Waals surface area (Å²) in [6, 6.07) is 4.42. The molecule has 0 saturated carbocycles. The van der Waals surface area contributed by atoms with Crippen LogP contribution in [0.1, 0.15) is 37.4 Å². The van der Waals surface area contributed by atoms with Crippen LogP contribution in [0.2, 0.25) is 0 Å². The molecule has 0 bridgehead atoms. The molecular formula is C16H25N3. The Hall–Kier alpha value is -0.930. The Bertz CT molecular complexity index is 407. The normalized spacial score (nSPS) is 23.0. The van der Waals surface area contributed by atoms with Gasteiger partial charge in [0.25, 0.3) is 0 Å². The summed E-state index contributed by atoms with van der Waals surface area (Å²) in [4.78, 5) is 7.19.